The van der Waals surface area contributed by atoms with Gasteiger partial charge in [-0.25, -0.2) is 0 Å². The topological polar surface area (TPSA) is 26.0 Å². The Morgan fingerprint density at radius 3 is 2.20 bits per heavy atom. The minimum Gasteiger partial charge on any atom is -0.320 e. The largest absolute Gasteiger partial charge is 0.403 e. The molecular weight excluding hydrogens is 143 g/mol. The zero-order chi connectivity index (χ0) is 7.78. The molecule has 1 atom stereocenters. The van der Waals surface area contributed by atoms with Crippen molar-refractivity contribution in [2.24, 2.45) is 11.7 Å². The van der Waals surface area contributed by atoms with Crippen LogP contribution in [0.15, 0.2) is 0 Å². The maximum atomic E-state index is 11.7. The van der Waals surface area contributed by atoms with Crippen molar-refractivity contribution in [3.63, 3.8) is 0 Å². The van der Waals surface area contributed by atoms with Crippen molar-refractivity contribution < 1.29 is 13.2 Å². The van der Waals surface area contributed by atoms with Gasteiger partial charge in [0, 0.05) is 0 Å². The van der Waals surface area contributed by atoms with E-state index in [2.05, 4.69) is 0 Å². The molecule has 1 fully saturated rings. The third-order valence-electron chi connectivity index (χ3n) is 1.70. The van der Waals surface area contributed by atoms with Crippen molar-refractivity contribution in [2.75, 3.05) is 0 Å². The van der Waals surface area contributed by atoms with Crippen LogP contribution in [0.25, 0.3) is 0 Å². The quantitative estimate of drug-likeness (QED) is 0.641. The molecule has 60 valence electrons. The van der Waals surface area contributed by atoms with Crippen LogP contribution in [-0.2, 0) is 0 Å². The first kappa shape index (κ1) is 7.85. The summed E-state index contributed by atoms with van der Waals surface area (Å²) in [6, 6.07) is -1.60. The van der Waals surface area contributed by atoms with Gasteiger partial charge in [0.1, 0.15) is 6.04 Å². The second kappa shape index (κ2) is 2.42. The molecule has 0 aromatic heterocycles. The highest BCUT2D eigenvalue weighted by Gasteiger charge is 2.39. The summed E-state index contributed by atoms with van der Waals surface area (Å²) in [6.45, 7) is 0. The normalized spacial score (nSPS) is 22.8. The molecule has 0 spiro atoms. The van der Waals surface area contributed by atoms with Crippen molar-refractivity contribution in [2.45, 2.75) is 31.5 Å². The lowest BCUT2D eigenvalue weighted by Crippen LogP contribution is -2.37. The van der Waals surface area contributed by atoms with E-state index >= 15 is 0 Å². The summed E-state index contributed by atoms with van der Waals surface area (Å²) in [5.41, 5.74) is 4.87. The highest BCUT2D eigenvalue weighted by atomic mass is 19.4. The van der Waals surface area contributed by atoms with Crippen molar-refractivity contribution in [1.82, 2.24) is 0 Å². The molecule has 10 heavy (non-hydrogen) atoms. The molecule has 0 bridgehead atoms. The average Bonchev–Trinajstić information content (AvgIpc) is 2.47. The van der Waals surface area contributed by atoms with Gasteiger partial charge in [-0.1, -0.05) is 12.8 Å². The molecule has 0 heterocycles. The SMILES string of the molecule is NC(CC1CC1)C(F)(F)F. The van der Waals surface area contributed by atoms with Gasteiger partial charge in [-0.3, -0.25) is 0 Å². The van der Waals surface area contributed by atoms with Gasteiger partial charge in [-0.05, 0) is 12.3 Å². The van der Waals surface area contributed by atoms with Crippen LogP contribution in [0.1, 0.15) is 19.3 Å². The Bertz CT molecular complexity index is 117. The molecule has 4 heteroatoms. The fourth-order valence-corrected chi connectivity index (χ4v) is 0.846. The van der Waals surface area contributed by atoms with Crippen molar-refractivity contribution in [1.29, 1.82) is 0 Å². The number of halogens is 3. The first-order valence-electron chi connectivity index (χ1n) is 3.32. The smallest absolute Gasteiger partial charge is 0.320 e. The summed E-state index contributed by atoms with van der Waals surface area (Å²) in [5.74, 6) is 0.247. The molecule has 0 amide bonds. The zero-order valence-electron chi connectivity index (χ0n) is 5.49. The highest BCUT2D eigenvalue weighted by Crippen LogP contribution is 2.36. The monoisotopic (exact) mass is 153 g/mol. The molecule has 1 saturated carbocycles. The van der Waals surface area contributed by atoms with E-state index in [0.717, 1.165) is 12.8 Å². The van der Waals surface area contributed by atoms with E-state index in [1.807, 2.05) is 0 Å². The van der Waals surface area contributed by atoms with E-state index in [-0.39, 0.29) is 12.3 Å². The molecule has 0 aliphatic heterocycles. The van der Waals surface area contributed by atoms with E-state index in [1.165, 1.54) is 0 Å². The Kier molecular flexibility index (Phi) is 1.90. The van der Waals surface area contributed by atoms with E-state index in [1.54, 1.807) is 0 Å². The van der Waals surface area contributed by atoms with Crippen LogP contribution < -0.4 is 5.73 Å². The van der Waals surface area contributed by atoms with E-state index in [9.17, 15) is 13.2 Å². The Morgan fingerprint density at radius 2 is 1.90 bits per heavy atom. The summed E-state index contributed by atoms with van der Waals surface area (Å²) in [7, 11) is 0. The van der Waals surface area contributed by atoms with Crippen LogP contribution in [0.5, 0.6) is 0 Å². The summed E-state index contributed by atoms with van der Waals surface area (Å²) >= 11 is 0. The van der Waals surface area contributed by atoms with Gasteiger partial charge in [-0.15, -0.1) is 0 Å². The predicted octanol–water partition coefficient (Wildman–Crippen LogP) is 1.68. The molecular formula is C6H10F3N. The van der Waals surface area contributed by atoms with E-state index in [4.69, 9.17) is 5.73 Å². The fraction of sp³-hybridized carbons (Fsp3) is 1.00. The summed E-state index contributed by atoms with van der Waals surface area (Å²) in [6.07, 6.45) is -2.24. The number of hydrogen-bond acceptors (Lipinski definition) is 1. The van der Waals surface area contributed by atoms with Gasteiger partial charge in [-0.2, -0.15) is 13.2 Å². The minimum absolute atomic E-state index is 0.115. The minimum atomic E-state index is -4.19. The molecule has 1 rings (SSSR count). The van der Waals surface area contributed by atoms with Gasteiger partial charge in [0.05, 0.1) is 0 Å². The second-order valence-corrected chi connectivity index (χ2v) is 2.83. The first-order chi connectivity index (χ1) is 4.50. The summed E-state index contributed by atoms with van der Waals surface area (Å²) in [5, 5.41) is 0. The lowest BCUT2D eigenvalue weighted by Gasteiger charge is -2.14. The van der Waals surface area contributed by atoms with Crippen LogP contribution in [0.4, 0.5) is 13.2 Å². The van der Waals surface area contributed by atoms with Crippen molar-refractivity contribution in [3.8, 4) is 0 Å². The lowest BCUT2D eigenvalue weighted by atomic mass is 10.1. The van der Waals surface area contributed by atoms with Crippen LogP contribution in [0.3, 0.4) is 0 Å². The Hall–Kier alpha value is -0.250. The third kappa shape index (κ3) is 2.17. The molecule has 0 radical (unpaired) electrons. The van der Waals surface area contributed by atoms with Gasteiger partial charge in [0.25, 0.3) is 0 Å². The Morgan fingerprint density at radius 1 is 1.40 bits per heavy atom. The Labute approximate surface area is 57.4 Å². The molecule has 0 aromatic carbocycles. The number of alkyl halides is 3. The maximum absolute atomic E-state index is 11.7. The number of hydrogen-bond donors (Lipinski definition) is 1. The van der Waals surface area contributed by atoms with Crippen LogP contribution in [0, 0.1) is 5.92 Å². The third-order valence-corrected chi connectivity index (χ3v) is 1.70. The average molecular weight is 153 g/mol. The van der Waals surface area contributed by atoms with Gasteiger partial charge < -0.3 is 5.73 Å². The van der Waals surface area contributed by atoms with Crippen molar-refractivity contribution in [3.05, 3.63) is 0 Å². The molecule has 0 saturated heterocycles. The van der Waals surface area contributed by atoms with Crippen LogP contribution in [0.2, 0.25) is 0 Å². The fourth-order valence-electron chi connectivity index (χ4n) is 0.846. The standard InChI is InChI=1S/C6H10F3N/c7-6(8,9)5(10)3-4-1-2-4/h4-5H,1-3,10H2. The highest BCUT2D eigenvalue weighted by molar-refractivity contribution is 4.81. The maximum Gasteiger partial charge on any atom is 0.403 e. The molecule has 0 aromatic rings. The number of nitrogens with two attached hydrogens (primary N) is 1. The van der Waals surface area contributed by atoms with Gasteiger partial charge in [0.2, 0.25) is 0 Å². The molecule has 1 unspecified atom stereocenters. The van der Waals surface area contributed by atoms with Gasteiger partial charge >= 0.3 is 6.18 Å². The Balaban J connectivity index is 2.25. The summed E-state index contributed by atoms with van der Waals surface area (Å²) in [4.78, 5) is 0. The molecule has 2 N–H and O–H groups in total. The summed E-state index contributed by atoms with van der Waals surface area (Å²) < 4.78 is 35.1. The zero-order valence-corrected chi connectivity index (χ0v) is 5.49. The lowest BCUT2D eigenvalue weighted by molar-refractivity contribution is -0.149. The van der Waals surface area contributed by atoms with E-state index < -0.39 is 12.2 Å². The van der Waals surface area contributed by atoms with Crippen LogP contribution in [-0.4, -0.2) is 12.2 Å². The van der Waals surface area contributed by atoms with E-state index in [0.29, 0.717) is 0 Å². The van der Waals surface area contributed by atoms with Crippen molar-refractivity contribution >= 4 is 0 Å². The molecule has 1 aliphatic rings. The number of rotatable bonds is 2. The predicted molar refractivity (Wildman–Crippen MR) is 31.4 cm³/mol. The molecule has 1 nitrogen and oxygen atoms in total. The molecule has 1 aliphatic carbocycles. The van der Waals surface area contributed by atoms with Crippen LogP contribution >= 0.6 is 0 Å². The van der Waals surface area contributed by atoms with Gasteiger partial charge in [0.15, 0.2) is 0 Å². The second-order valence-electron chi connectivity index (χ2n) is 2.83. The first-order valence-corrected chi connectivity index (χ1v) is 3.32.